The third-order valence-electron chi connectivity index (χ3n) is 20.3. The molecule has 0 bridgehead atoms. The van der Waals surface area contributed by atoms with E-state index in [-0.39, 0.29) is 11.6 Å². The molecule has 5 aromatic heterocycles. The summed E-state index contributed by atoms with van der Waals surface area (Å²) in [6.07, 6.45) is 7.74. The molecule has 10 aromatic carbocycles. The highest BCUT2D eigenvalue weighted by molar-refractivity contribution is 5.97. The fourth-order valence-corrected chi connectivity index (χ4v) is 15.5. The third-order valence-corrected chi connectivity index (χ3v) is 20.3. The van der Waals surface area contributed by atoms with Crippen LogP contribution in [-0.4, -0.2) is 0 Å². The molecule has 0 radical (unpaired) electrons. The fraction of sp³-hybridized carbons (Fsp3) is 0.157. The van der Waals surface area contributed by atoms with Gasteiger partial charge < -0.3 is 0 Å². The van der Waals surface area contributed by atoms with Crippen LogP contribution in [-0.2, 0) is 39.1 Å². The number of rotatable bonds is 2. The minimum atomic E-state index is -0.180. The van der Waals surface area contributed by atoms with Crippen molar-refractivity contribution in [1.29, 1.82) is 0 Å². The Morgan fingerprint density at radius 3 is 1.69 bits per heavy atom. The molecule has 0 unspecified atom stereocenters. The first kappa shape index (κ1) is 60.1. The van der Waals surface area contributed by atoms with E-state index < -0.39 is 0 Å². The molecule has 0 atom stereocenters. The predicted octanol–water partition coefficient (Wildman–Crippen LogP) is 19.0. The number of benzene rings is 10. The lowest BCUT2D eigenvalue weighted by Gasteiger charge is -2.07. The smallest absolute Gasteiger partial charge is 0.207 e. The quantitative estimate of drug-likeness (QED) is 0.154. The largest absolute Gasteiger partial charge is 0.221 e. The molecule has 15 aromatic rings. The highest BCUT2D eigenvalue weighted by Crippen LogP contribution is 2.38. The second-order valence-electron chi connectivity index (χ2n) is 27.0. The van der Waals surface area contributed by atoms with Crippen molar-refractivity contribution in [2.45, 2.75) is 93.5 Å². The molecule has 7 heteroatoms. The second-order valence-corrected chi connectivity index (χ2v) is 27.0. The van der Waals surface area contributed by atoms with Gasteiger partial charge in [0, 0.05) is 75.7 Å². The van der Waals surface area contributed by atoms with Gasteiger partial charge in [0.25, 0.3) is 0 Å². The van der Waals surface area contributed by atoms with E-state index in [1.807, 2.05) is 24.3 Å². The zero-order valence-corrected chi connectivity index (χ0v) is 55.6. The normalized spacial score (nSPS) is 12.6. The summed E-state index contributed by atoms with van der Waals surface area (Å²) in [4.78, 5) is 0. The summed E-state index contributed by atoms with van der Waals surface area (Å²) in [5, 5.41) is 9.84. The van der Waals surface area contributed by atoms with E-state index in [4.69, 9.17) is 0 Å². The Kier molecular flexibility index (Phi) is 15.3. The summed E-state index contributed by atoms with van der Waals surface area (Å²) in [5.74, 6) is 0.235. The fourth-order valence-electron chi connectivity index (χ4n) is 15.5. The van der Waals surface area contributed by atoms with E-state index >= 15 is 0 Å². The van der Waals surface area contributed by atoms with Crippen LogP contribution in [0.5, 0.6) is 0 Å². The molecule has 0 N–H and O–H groups in total. The van der Waals surface area contributed by atoms with E-state index in [1.165, 1.54) is 162 Å². The Hall–Kier alpha value is -10.9. The Morgan fingerprint density at radius 2 is 0.938 bits per heavy atom. The summed E-state index contributed by atoms with van der Waals surface area (Å²) in [5.41, 5.74) is 30.1. The molecule has 5 aliphatic heterocycles. The zero-order chi connectivity index (χ0) is 65.5. The lowest BCUT2D eigenvalue weighted by Crippen LogP contribution is -2.33. The molecule has 0 saturated heterocycles. The maximum Gasteiger partial charge on any atom is 0.221 e. The minimum Gasteiger partial charge on any atom is -0.207 e. The molecule has 20 rings (SSSR count). The Labute approximate surface area is 560 Å². The van der Waals surface area contributed by atoms with Crippen LogP contribution < -0.4 is 22.8 Å². The van der Waals surface area contributed by atoms with Crippen molar-refractivity contribution in [3.8, 4) is 56.3 Å². The lowest BCUT2D eigenvalue weighted by molar-refractivity contribution is -0.671. The first-order valence-corrected chi connectivity index (χ1v) is 33.8. The Balaban J connectivity index is 0.0000000944. The molecular formula is C89H76F2N5+5. The maximum atomic E-state index is 13.9. The molecule has 0 amide bonds. The summed E-state index contributed by atoms with van der Waals surface area (Å²) >= 11 is 0. The molecule has 5 aliphatic rings. The molecule has 5 nitrogen and oxygen atoms in total. The zero-order valence-electron chi connectivity index (χ0n) is 55.6. The van der Waals surface area contributed by atoms with Crippen LogP contribution in [0.3, 0.4) is 0 Å². The van der Waals surface area contributed by atoms with Crippen LogP contribution in [0.4, 0.5) is 8.78 Å². The monoisotopic (exact) mass is 1250 g/mol. The molecule has 96 heavy (non-hydrogen) atoms. The summed E-state index contributed by atoms with van der Waals surface area (Å²) in [6.45, 7) is 19.9. The SMILES string of the molecule is CC(C)c1ccc2cc[n+]3c(c2c1)-c1ccccc1C3.CCc1ccc2c(c1)C[n+]1ccc3ccccc3c1-2.Cc1cc(C)c2c(c1)-c1ccc3c(F)cccc3[n+]1C2.Cc1ccc2c(c1)-c1ccc3ccc(F)cc3[n+]1C2.Cc1ccc2c3[n+](ccc2c1)Cc1ccccc1-3. The number of halogens is 2. The predicted molar refractivity (Wildman–Crippen MR) is 386 cm³/mol. The van der Waals surface area contributed by atoms with Gasteiger partial charge in [-0.05, 0) is 163 Å². The minimum absolute atomic E-state index is 0.151. The number of pyridine rings is 5. The van der Waals surface area contributed by atoms with Crippen LogP contribution in [0.1, 0.15) is 87.9 Å². The van der Waals surface area contributed by atoms with Crippen LogP contribution >= 0.6 is 0 Å². The van der Waals surface area contributed by atoms with Gasteiger partial charge in [-0.15, -0.1) is 0 Å². The molecule has 0 spiro atoms. The molecular weight excluding hydrogens is 1180 g/mol. The van der Waals surface area contributed by atoms with Crippen molar-refractivity contribution < 1.29 is 31.6 Å². The number of fused-ring (bicyclic) bond motifs is 25. The van der Waals surface area contributed by atoms with Crippen molar-refractivity contribution >= 4 is 54.1 Å². The van der Waals surface area contributed by atoms with E-state index in [0.717, 1.165) is 55.6 Å². The second kappa shape index (κ2) is 24.5. The van der Waals surface area contributed by atoms with Gasteiger partial charge in [0.1, 0.15) is 11.6 Å². The van der Waals surface area contributed by atoms with Crippen LogP contribution in [0.25, 0.3) is 110 Å². The van der Waals surface area contributed by atoms with Crippen molar-refractivity contribution in [1.82, 2.24) is 0 Å². The van der Waals surface area contributed by atoms with Gasteiger partial charge in [0.2, 0.25) is 39.5 Å². The number of hydrogen-bond acceptors (Lipinski definition) is 0. The average molecular weight is 1250 g/mol. The Morgan fingerprint density at radius 1 is 0.365 bits per heavy atom. The van der Waals surface area contributed by atoms with Crippen molar-refractivity contribution in [2.24, 2.45) is 0 Å². The van der Waals surface area contributed by atoms with Gasteiger partial charge in [-0.25, -0.2) is 8.78 Å². The molecule has 0 fully saturated rings. The summed E-state index contributed by atoms with van der Waals surface area (Å²) in [6, 6.07) is 82.6. The van der Waals surface area contributed by atoms with E-state index in [1.54, 1.807) is 12.1 Å². The number of nitrogens with zero attached hydrogens (tertiary/aromatic N) is 5. The molecule has 466 valence electrons. The maximum absolute atomic E-state index is 13.9. The topological polar surface area (TPSA) is 19.4 Å². The first-order chi connectivity index (χ1) is 46.8. The van der Waals surface area contributed by atoms with Gasteiger partial charge in [-0.3, -0.25) is 0 Å². The third kappa shape index (κ3) is 10.8. The van der Waals surface area contributed by atoms with Crippen LogP contribution in [0.15, 0.2) is 255 Å². The average Bonchev–Trinajstić information content (AvgIpc) is 1.62. The lowest BCUT2D eigenvalue weighted by atomic mass is 9.97. The summed E-state index contributed by atoms with van der Waals surface area (Å²) in [7, 11) is 0. The van der Waals surface area contributed by atoms with Crippen molar-refractivity contribution in [2.75, 3.05) is 0 Å². The van der Waals surface area contributed by atoms with Gasteiger partial charge in [0.05, 0.1) is 49.4 Å². The van der Waals surface area contributed by atoms with Gasteiger partial charge in [-0.2, -0.15) is 22.8 Å². The van der Waals surface area contributed by atoms with Crippen molar-refractivity contribution in [3.63, 3.8) is 0 Å². The molecule has 0 aliphatic carbocycles. The number of aryl methyl sites for hydroxylation is 5. The van der Waals surface area contributed by atoms with Crippen LogP contribution in [0, 0.1) is 39.3 Å². The molecule has 10 heterocycles. The molecule has 0 saturated carbocycles. The standard InChI is InChI=1S/C19H18N.C18H15FN.C18H16N.C17H13FN.C17H14N/c1-13(2)15-8-7-14-9-10-20-12-16-5-3-4-6-17(16)19(20)18(14)11-15;1-11-8-12(2)15-10-20-17-5-3-4-16(19)13(17)6-7-18(20)14(15)9-11;1-2-13-7-8-17-15(11-13)12-19-10-9-14-5-3-4-6-16(14)18(17)19;1-11-2-3-13-10-19-16(15(13)8-11)7-5-12-4-6-14(18)9-17(12)19;1-12-6-7-16-13(10-12)8-9-18-11-14-4-2-3-5-15(14)17(16)18/h3-11,13H,12H2,1-2H3;3-9H,10H2,1-2H3;3-11H,2,12H2,1H3;2-9H,10H2,1H3;2-10H,11H2,1H3/q5*+1. The highest BCUT2D eigenvalue weighted by atomic mass is 19.1. The van der Waals surface area contributed by atoms with Gasteiger partial charge in [-0.1, -0.05) is 141 Å². The van der Waals surface area contributed by atoms with Gasteiger partial charge in [0.15, 0.2) is 51.3 Å². The van der Waals surface area contributed by atoms with E-state index in [2.05, 4.69) is 278 Å². The van der Waals surface area contributed by atoms with Crippen molar-refractivity contribution in [3.05, 3.63) is 328 Å². The van der Waals surface area contributed by atoms with E-state index in [9.17, 15) is 8.78 Å². The van der Waals surface area contributed by atoms with Gasteiger partial charge >= 0.3 is 0 Å². The van der Waals surface area contributed by atoms with Crippen LogP contribution in [0.2, 0.25) is 0 Å². The summed E-state index contributed by atoms with van der Waals surface area (Å²) < 4.78 is 38.9. The first-order valence-electron chi connectivity index (χ1n) is 33.8. The van der Waals surface area contributed by atoms with E-state index in [0.29, 0.717) is 11.3 Å². The Bertz CT molecular complexity index is 5690. The number of hydrogen-bond donors (Lipinski definition) is 0. The number of aromatic nitrogens is 5. The highest BCUT2D eigenvalue weighted by Gasteiger charge is 2.34.